The Hall–Kier alpha value is 2.70. The van der Waals surface area contributed by atoms with E-state index in [0.717, 1.165) is 0 Å². The van der Waals surface area contributed by atoms with Crippen LogP contribution >= 0.6 is 13.4 Å². The first-order valence-corrected chi connectivity index (χ1v) is 12.9. The van der Waals surface area contributed by atoms with Crippen molar-refractivity contribution in [2.75, 3.05) is 0 Å². The third-order valence-corrected chi connectivity index (χ3v) is 3.00. The van der Waals surface area contributed by atoms with Crippen LogP contribution in [0.4, 0.5) is 0 Å². The fraction of sp³-hybridized carbons (Fsp3) is 1.00. The van der Waals surface area contributed by atoms with Gasteiger partial charge in [-0.25, -0.2) is 0 Å². The van der Waals surface area contributed by atoms with Crippen LogP contribution in [0.2, 0.25) is 0 Å². The predicted octanol–water partition coefficient (Wildman–Crippen LogP) is 2.41. The van der Waals surface area contributed by atoms with Crippen molar-refractivity contribution in [3.05, 3.63) is 0 Å². The molecule has 0 radical (unpaired) electrons. The van der Waals surface area contributed by atoms with Crippen LogP contribution in [0.1, 0.15) is 77.0 Å². The van der Waals surface area contributed by atoms with Gasteiger partial charge in [-0.15, -0.1) is 0 Å². The molecule has 2 fully saturated rings. The first-order chi connectivity index (χ1) is 10.0. The summed E-state index contributed by atoms with van der Waals surface area (Å²) >= 11 is 7.21. The van der Waals surface area contributed by atoms with E-state index in [-0.39, 0.29) is 51.4 Å². The molecule has 0 spiro atoms. The van der Waals surface area contributed by atoms with Crippen LogP contribution in [0.25, 0.3) is 0 Å². The molecule has 2 saturated carbocycles. The van der Waals surface area contributed by atoms with Gasteiger partial charge >= 0.3 is 64.8 Å². The Kier molecular flexibility index (Phi) is 25.7. The fourth-order valence-electron chi connectivity index (χ4n) is 2.12. The zero-order valence-electron chi connectivity index (χ0n) is 12.9. The van der Waals surface area contributed by atoms with Crippen LogP contribution in [0.5, 0.6) is 0 Å². The Labute approximate surface area is 192 Å². The molecular formula is C12H31KO6P2S2. The molecule has 0 unspecified atom stereocenters. The molecule has 0 amide bonds. The molecule has 0 bridgehead atoms. The molecular weight excluding hydrogens is 405 g/mol. The Bertz CT molecular complexity index is 258. The van der Waals surface area contributed by atoms with Gasteiger partial charge in [0, 0.05) is 0 Å². The molecule has 11 heteroatoms. The van der Waals surface area contributed by atoms with E-state index in [0.29, 0.717) is 0 Å². The minimum atomic E-state index is -3.81. The Morgan fingerprint density at radius 1 is 0.391 bits per heavy atom. The van der Waals surface area contributed by atoms with Crippen LogP contribution in [0.3, 0.4) is 0 Å². The average molecular weight is 437 g/mol. The quantitative estimate of drug-likeness (QED) is 0.253. The zero-order chi connectivity index (χ0) is 17.5. The van der Waals surface area contributed by atoms with Gasteiger partial charge in [0.05, 0.1) is 0 Å². The van der Waals surface area contributed by atoms with E-state index in [1.54, 1.807) is 0 Å². The van der Waals surface area contributed by atoms with E-state index in [2.05, 4.69) is 23.6 Å². The van der Waals surface area contributed by atoms with Crippen molar-refractivity contribution in [2.45, 2.75) is 77.0 Å². The van der Waals surface area contributed by atoms with Gasteiger partial charge in [-0.1, -0.05) is 77.0 Å². The summed E-state index contributed by atoms with van der Waals surface area (Å²) in [5, 5.41) is 0. The Morgan fingerprint density at radius 2 is 0.435 bits per heavy atom. The molecule has 0 aromatic carbocycles. The summed E-state index contributed by atoms with van der Waals surface area (Å²) in [6.45, 7) is -7.61. The molecule has 138 valence electrons. The summed E-state index contributed by atoms with van der Waals surface area (Å²) in [5.74, 6) is 0. The summed E-state index contributed by atoms with van der Waals surface area (Å²) in [6.07, 6.45) is 18.0. The molecule has 0 aromatic heterocycles. The van der Waals surface area contributed by atoms with Gasteiger partial charge in [0.2, 0.25) is 0 Å². The molecule has 6 nitrogen and oxygen atoms in total. The van der Waals surface area contributed by atoms with Crippen molar-refractivity contribution in [3.63, 3.8) is 0 Å². The first kappa shape index (κ1) is 30.4. The van der Waals surface area contributed by atoms with Crippen molar-refractivity contribution in [1.29, 1.82) is 0 Å². The molecule has 2 aliphatic rings. The van der Waals surface area contributed by atoms with Gasteiger partial charge < -0.3 is 29.4 Å². The molecule has 0 aromatic rings. The normalized spacial score (nSPS) is 17.7. The first-order valence-electron chi connectivity index (χ1n) is 7.57. The van der Waals surface area contributed by atoms with Crippen LogP contribution < -0.4 is 0 Å². The van der Waals surface area contributed by atoms with E-state index in [1.165, 1.54) is 77.0 Å². The Balaban J connectivity index is -0.000000230. The molecule has 2 aliphatic carbocycles. The number of hydrogen-bond donors (Lipinski definition) is 6. The third kappa shape index (κ3) is 58.9. The fourth-order valence-corrected chi connectivity index (χ4v) is 2.12. The monoisotopic (exact) mass is 436 g/mol. The number of hydrogen-bond acceptors (Lipinski definition) is 2. The second-order valence-electron chi connectivity index (χ2n) is 5.27. The Morgan fingerprint density at radius 3 is 0.478 bits per heavy atom. The van der Waals surface area contributed by atoms with Crippen LogP contribution in [-0.4, -0.2) is 80.7 Å². The molecule has 2 rings (SSSR count). The van der Waals surface area contributed by atoms with E-state index >= 15 is 0 Å². The summed E-state index contributed by atoms with van der Waals surface area (Å²) in [7, 11) is 0. The van der Waals surface area contributed by atoms with Crippen molar-refractivity contribution in [1.82, 2.24) is 0 Å². The molecule has 23 heavy (non-hydrogen) atoms. The van der Waals surface area contributed by atoms with Crippen molar-refractivity contribution in [2.24, 2.45) is 0 Å². The summed E-state index contributed by atoms with van der Waals surface area (Å²) in [5.41, 5.74) is 0. The van der Waals surface area contributed by atoms with E-state index in [4.69, 9.17) is 29.4 Å². The third-order valence-electron chi connectivity index (χ3n) is 3.00. The topological polar surface area (TPSA) is 121 Å². The molecule has 0 saturated heterocycles. The van der Waals surface area contributed by atoms with Crippen molar-refractivity contribution in [3.8, 4) is 0 Å². The molecule has 0 aliphatic heterocycles. The van der Waals surface area contributed by atoms with Crippen molar-refractivity contribution >= 4 is 88.4 Å². The zero-order valence-corrected chi connectivity index (χ0v) is 16.3. The van der Waals surface area contributed by atoms with E-state index in [1.807, 2.05) is 0 Å². The summed E-state index contributed by atoms with van der Waals surface area (Å²) < 4.78 is 0. The second-order valence-corrected chi connectivity index (χ2v) is 10.3. The van der Waals surface area contributed by atoms with E-state index in [9.17, 15) is 0 Å². The van der Waals surface area contributed by atoms with Gasteiger partial charge in [-0.2, -0.15) is 0 Å². The van der Waals surface area contributed by atoms with Crippen LogP contribution in [-0.2, 0) is 23.6 Å². The SMILES string of the molecule is C1CCCCC1.C1CCCCC1.OP(O)(O)=S.OP(O)(O)=S.[KH]. The molecule has 6 N–H and O–H groups in total. The maximum atomic E-state index is 7.56. The van der Waals surface area contributed by atoms with Gasteiger partial charge in [0.25, 0.3) is 0 Å². The minimum absolute atomic E-state index is 0. The van der Waals surface area contributed by atoms with E-state index < -0.39 is 13.4 Å². The van der Waals surface area contributed by atoms with Crippen LogP contribution in [0, 0.1) is 0 Å². The maximum absolute atomic E-state index is 7.56. The van der Waals surface area contributed by atoms with Gasteiger partial charge in [-0.3, -0.25) is 0 Å². The standard InChI is InChI=1S/2C6H12.K.2H3O3PS.H/c2*1-2-4-6-5-3-1;;2*1-4(2,3)5;/h2*1-6H2;;2*(H3,1,2,3,5);. The molecule has 0 atom stereocenters. The van der Waals surface area contributed by atoms with Gasteiger partial charge in [0.1, 0.15) is 0 Å². The van der Waals surface area contributed by atoms with Gasteiger partial charge in [-0.05, 0) is 23.6 Å². The summed E-state index contributed by atoms with van der Waals surface area (Å²) in [6, 6.07) is 0. The summed E-state index contributed by atoms with van der Waals surface area (Å²) in [4.78, 5) is 45.3. The second kappa shape index (κ2) is 19.5. The van der Waals surface area contributed by atoms with Gasteiger partial charge in [0.15, 0.2) is 0 Å². The number of rotatable bonds is 0. The van der Waals surface area contributed by atoms with Crippen molar-refractivity contribution < 1.29 is 29.4 Å². The molecule has 0 heterocycles. The average Bonchev–Trinajstić information content (AvgIpc) is 2.40. The predicted molar refractivity (Wildman–Crippen MR) is 104 cm³/mol. The van der Waals surface area contributed by atoms with Crippen LogP contribution in [0.15, 0.2) is 0 Å².